The van der Waals surface area contributed by atoms with Crippen LogP contribution in [0.1, 0.15) is 19.5 Å². The maximum absolute atomic E-state index is 13.2. The minimum absolute atomic E-state index is 0. The minimum atomic E-state index is -4.58. The summed E-state index contributed by atoms with van der Waals surface area (Å²) in [6.45, 7) is -0.451. The molecule has 3 N–H and O–H groups in total. The first-order chi connectivity index (χ1) is 16.0. The van der Waals surface area contributed by atoms with Crippen LogP contribution in [0, 0.1) is 0 Å². The van der Waals surface area contributed by atoms with Crippen molar-refractivity contribution in [2.45, 2.75) is 29.5 Å². The molecule has 0 saturated carbocycles. The topological polar surface area (TPSA) is 108 Å². The smallest absolute Gasteiger partial charge is 0.325 e. The van der Waals surface area contributed by atoms with Gasteiger partial charge in [-0.2, -0.15) is 13.2 Å². The third kappa shape index (κ3) is 3.87. The molecule has 3 aliphatic rings. The van der Waals surface area contributed by atoms with Crippen LogP contribution in [0.25, 0.3) is 0 Å². The van der Waals surface area contributed by atoms with Crippen LogP contribution in [0.3, 0.4) is 0 Å². The van der Waals surface area contributed by atoms with Crippen molar-refractivity contribution in [2.75, 3.05) is 22.5 Å². The lowest BCUT2D eigenvalue weighted by Crippen LogP contribution is -2.47. The highest BCUT2D eigenvalue weighted by Crippen LogP contribution is 2.40. The van der Waals surface area contributed by atoms with Crippen molar-refractivity contribution in [1.29, 1.82) is 0 Å². The van der Waals surface area contributed by atoms with Gasteiger partial charge < -0.3 is 15.5 Å². The Kier molecular flexibility index (Phi) is 5.08. The molecule has 2 aromatic rings. The predicted octanol–water partition coefficient (Wildman–Crippen LogP) is 2.95. The fourth-order valence-corrected chi connectivity index (χ4v) is 5.34. The van der Waals surface area contributed by atoms with E-state index in [2.05, 4.69) is 16.0 Å². The number of urea groups is 1. The van der Waals surface area contributed by atoms with E-state index in [0.717, 1.165) is 39.9 Å². The summed E-state index contributed by atoms with van der Waals surface area (Å²) < 4.78 is 39.5. The number of amides is 5. The molecule has 180 valence electrons. The summed E-state index contributed by atoms with van der Waals surface area (Å²) in [5, 5.41) is 7.55. The Morgan fingerprint density at radius 2 is 1.88 bits per heavy atom. The molecule has 12 heteroatoms. The average Bonchev–Trinajstić information content (AvgIpc) is 3.26. The van der Waals surface area contributed by atoms with Gasteiger partial charge in [0.05, 0.1) is 17.0 Å². The highest BCUT2D eigenvalue weighted by molar-refractivity contribution is 8.00. The summed E-state index contributed by atoms with van der Waals surface area (Å²) in [6, 6.07) is 7.63. The Balaban J connectivity index is 0.00000180. The van der Waals surface area contributed by atoms with Gasteiger partial charge in [0.2, 0.25) is 11.8 Å². The van der Waals surface area contributed by atoms with E-state index in [9.17, 15) is 32.3 Å². The number of nitrogens with zero attached hydrogens (tertiary/aromatic N) is 1. The van der Waals surface area contributed by atoms with E-state index in [1.165, 1.54) is 6.07 Å². The lowest BCUT2D eigenvalue weighted by atomic mass is 9.96. The quantitative estimate of drug-likeness (QED) is 0.569. The number of rotatable bonds is 3. The van der Waals surface area contributed by atoms with Crippen molar-refractivity contribution in [3.05, 3.63) is 53.1 Å². The molecule has 8 nitrogen and oxygen atoms in total. The molecule has 1 aliphatic carbocycles. The summed E-state index contributed by atoms with van der Waals surface area (Å²) in [6.07, 6.45) is -3.99. The fraction of sp³-hybridized carbons (Fsp3) is 0.273. The Bertz CT molecular complexity index is 1280. The second-order valence-corrected chi connectivity index (χ2v) is 9.34. The molecular weight excluding hydrogens is 473 g/mol. The van der Waals surface area contributed by atoms with E-state index in [0.29, 0.717) is 17.0 Å². The van der Waals surface area contributed by atoms with Gasteiger partial charge in [0.1, 0.15) is 12.1 Å². The van der Waals surface area contributed by atoms with E-state index in [4.69, 9.17) is 0 Å². The lowest BCUT2D eigenvalue weighted by Gasteiger charge is -2.29. The van der Waals surface area contributed by atoms with Gasteiger partial charge in [-0.05, 0) is 41.5 Å². The van der Waals surface area contributed by atoms with Crippen molar-refractivity contribution in [2.24, 2.45) is 0 Å². The first-order valence-corrected chi connectivity index (χ1v) is 11.2. The number of nitrogens with one attached hydrogen (secondary N) is 3. The molecule has 2 heterocycles. The largest absolute Gasteiger partial charge is 0.416 e. The summed E-state index contributed by atoms with van der Waals surface area (Å²) in [7, 11) is 0. The van der Waals surface area contributed by atoms with Gasteiger partial charge in [-0.25, -0.2) is 4.79 Å². The zero-order chi connectivity index (χ0) is 24.3. The Morgan fingerprint density at radius 1 is 1.12 bits per heavy atom. The number of anilines is 2. The third-order valence-corrected chi connectivity index (χ3v) is 7.07. The van der Waals surface area contributed by atoms with Gasteiger partial charge >= 0.3 is 12.2 Å². The van der Waals surface area contributed by atoms with E-state index in [1.807, 2.05) is 0 Å². The zero-order valence-electron chi connectivity index (χ0n) is 17.4. The van der Waals surface area contributed by atoms with Crippen molar-refractivity contribution >= 4 is 46.9 Å². The lowest BCUT2D eigenvalue weighted by molar-refractivity contribution is -0.137. The minimum Gasteiger partial charge on any atom is -0.325 e. The molecule has 1 saturated heterocycles. The summed E-state index contributed by atoms with van der Waals surface area (Å²) >= 11 is 1.12. The number of thioether (sulfide) groups is 1. The van der Waals surface area contributed by atoms with Gasteiger partial charge in [0, 0.05) is 26.3 Å². The number of halogens is 3. The molecule has 2 aliphatic heterocycles. The third-order valence-electron chi connectivity index (χ3n) is 6.02. The van der Waals surface area contributed by atoms with E-state index in [-0.39, 0.29) is 20.7 Å². The van der Waals surface area contributed by atoms with Crippen LogP contribution in [-0.2, 0) is 33.4 Å². The normalized spacial score (nSPS) is 21.3. The summed E-state index contributed by atoms with van der Waals surface area (Å²) in [5.74, 6) is -1.44. The van der Waals surface area contributed by atoms with E-state index in [1.54, 1.807) is 18.2 Å². The first-order valence-electron chi connectivity index (χ1n) is 10.2. The SMILES string of the molecule is O=C(CN1C(=O)CSc2ccc(C(F)(F)F)cc21)Nc1ccc2c(c1)CC1(C2)NC(=O)NC1=O.[HH].[HH]. The van der Waals surface area contributed by atoms with E-state index >= 15 is 0 Å². The molecule has 1 fully saturated rings. The Hall–Kier alpha value is -3.54. The molecule has 1 spiro atoms. The van der Waals surface area contributed by atoms with Gasteiger partial charge in [-0.1, -0.05) is 6.07 Å². The molecule has 2 aromatic carbocycles. The molecular formula is C22H21F3N4O4S. The van der Waals surface area contributed by atoms with Crippen molar-refractivity contribution < 1.29 is 35.2 Å². The van der Waals surface area contributed by atoms with Crippen LogP contribution in [0.5, 0.6) is 0 Å². The predicted molar refractivity (Wildman–Crippen MR) is 121 cm³/mol. The standard InChI is InChI=1S/C22H17F3N4O4S.2H2/c23-22(24,25)13-2-4-16-15(6-13)29(18(31)10-34-16)9-17(30)26-14-3-1-11-7-21(8-12(11)5-14)19(32)27-20(33)28-21;;/h1-6H,7-10H2,(H,26,30)(H2,27,28,32,33);2*1H. The van der Waals surface area contributed by atoms with Crippen molar-refractivity contribution in [1.82, 2.24) is 10.6 Å². The van der Waals surface area contributed by atoms with Gasteiger partial charge in [0.15, 0.2) is 0 Å². The first kappa shape index (κ1) is 22.3. The molecule has 34 heavy (non-hydrogen) atoms. The number of imide groups is 1. The number of alkyl halides is 3. The van der Waals surface area contributed by atoms with Crippen LogP contribution >= 0.6 is 11.8 Å². The number of hydrogen-bond acceptors (Lipinski definition) is 5. The maximum Gasteiger partial charge on any atom is 0.416 e. The molecule has 1 atom stereocenters. The zero-order valence-corrected chi connectivity index (χ0v) is 18.2. The van der Waals surface area contributed by atoms with Crippen LogP contribution in [0.2, 0.25) is 0 Å². The average molecular weight is 494 g/mol. The van der Waals surface area contributed by atoms with Crippen molar-refractivity contribution in [3.8, 4) is 0 Å². The molecule has 5 amide bonds. The molecule has 0 bridgehead atoms. The Labute approximate surface area is 198 Å². The van der Waals surface area contributed by atoms with Crippen LogP contribution in [0.15, 0.2) is 41.3 Å². The van der Waals surface area contributed by atoms with E-state index < -0.39 is 47.6 Å². The van der Waals surface area contributed by atoms with Gasteiger partial charge in [-0.3, -0.25) is 19.7 Å². The number of hydrogen-bond donors (Lipinski definition) is 3. The van der Waals surface area contributed by atoms with Crippen LogP contribution in [-0.4, -0.2) is 41.6 Å². The maximum atomic E-state index is 13.2. The monoisotopic (exact) mass is 494 g/mol. The second-order valence-electron chi connectivity index (χ2n) is 8.32. The number of fused-ring (bicyclic) bond motifs is 2. The number of carbonyl (C=O) groups is 4. The summed E-state index contributed by atoms with van der Waals surface area (Å²) in [4.78, 5) is 50.4. The van der Waals surface area contributed by atoms with Gasteiger partial charge in [-0.15, -0.1) is 11.8 Å². The Morgan fingerprint density at radius 3 is 2.59 bits per heavy atom. The van der Waals surface area contributed by atoms with Gasteiger partial charge in [0.25, 0.3) is 5.91 Å². The number of carbonyl (C=O) groups excluding carboxylic acids is 4. The van der Waals surface area contributed by atoms with Crippen LogP contribution in [0.4, 0.5) is 29.3 Å². The highest BCUT2D eigenvalue weighted by Gasteiger charge is 2.50. The van der Waals surface area contributed by atoms with Crippen LogP contribution < -0.4 is 20.9 Å². The second kappa shape index (κ2) is 7.76. The summed E-state index contributed by atoms with van der Waals surface area (Å²) in [5.41, 5.74) is 0.147. The number of benzene rings is 2. The molecule has 5 rings (SSSR count). The van der Waals surface area contributed by atoms with Crippen molar-refractivity contribution in [3.63, 3.8) is 0 Å². The molecule has 0 radical (unpaired) electrons. The highest BCUT2D eigenvalue weighted by atomic mass is 32.2. The molecule has 0 aromatic heterocycles. The fourth-order valence-electron chi connectivity index (χ4n) is 4.43. The molecule has 1 unspecified atom stereocenters.